The number of hydrogen-bond donors (Lipinski definition) is 0. The smallest absolute Gasteiger partial charge is 0.252 e. The Labute approximate surface area is 151 Å². The van der Waals surface area contributed by atoms with Gasteiger partial charge >= 0.3 is 0 Å². The Bertz CT molecular complexity index is 855. The number of sulfonamides is 1. The number of piperidine rings is 1. The van der Waals surface area contributed by atoms with Gasteiger partial charge in [-0.15, -0.1) is 11.3 Å². The van der Waals surface area contributed by atoms with E-state index in [-0.39, 0.29) is 11.3 Å². The molecule has 0 saturated carbocycles. The van der Waals surface area contributed by atoms with Gasteiger partial charge in [-0.25, -0.2) is 8.42 Å². The third kappa shape index (κ3) is 2.90. The predicted octanol–water partition coefficient (Wildman–Crippen LogP) is 2.56. The van der Waals surface area contributed by atoms with Crippen molar-refractivity contribution in [2.75, 3.05) is 19.6 Å². The van der Waals surface area contributed by atoms with Gasteiger partial charge in [-0.1, -0.05) is 36.4 Å². The van der Waals surface area contributed by atoms with E-state index in [9.17, 15) is 13.2 Å². The van der Waals surface area contributed by atoms with E-state index >= 15 is 0 Å². The zero-order chi connectivity index (χ0) is 17.5. The number of carbonyl (C=O) groups is 1. The molecule has 3 heterocycles. The van der Waals surface area contributed by atoms with Gasteiger partial charge in [-0.3, -0.25) is 4.79 Å². The van der Waals surface area contributed by atoms with Crippen molar-refractivity contribution in [3.8, 4) is 0 Å². The largest absolute Gasteiger partial charge is 0.337 e. The molecule has 0 radical (unpaired) electrons. The molecule has 2 fully saturated rings. The van der Waals surface area contributed by atoms with Crippen LogP contribution in [0, 0.1) is 5.41 Å². The number of hydrogen-bond acceptors (Lipinski definition) is 4. The highest BCUT2D eigenvalue weighted by Crippen LogP contribution is 2.43. The van der Waals surface area contributed by atoms with Crippen molar-refractivity contribution in [1.82, 2.24) is 9.21 Å². The molecule has 0 N–H and O–H groups in total. The van der Waals surface area contributed by atoms with E-state index in [4.69, 9.17) is 0 Å². The molecule has 132 valence electrons. The van der Waals surface area contributed by atoms with Gasteiger partial charge in [0, 0.05) is 26.2 Å². The second-order valence-electron chi connectivity index (χ2n) is 6.76. The number of benzene rings is 1. The SMILES string of the molecule is O=C1N(Cc2ccccc2)CC12CCN(S(=O)(=O)c1cccs1)CC2. The third-order valence-electron chi connectivity index (χ3n) is 5.22. The predicted molar refractivity (Wildman–Crippen MR) is 96.6 cm³/mol. The van der Waals surface area contributed by atoms with E-state index in [0.29, 0.717) is 36.7 Å². The van der Waals surface area contributed by atoms with Crippen molar-refractivity contribution in [1.29, 1.82) is 0 Å². The van der Waals surface area contributed by atoms with Gasteiger partial charge in [0.15, 0.2) is 0 Å². The van der Waals surface area contributed by atoms with Gasteiger partial charge in [-0.2, -0.15) is 4.31 Å². The first kappa shape index (κ1) is 16.8. The first-order valence-electron chi connectivity index (χ1n) is 8.38. The Balaban J connectivity index is 1.39. The van der Waals surface area contributed by atoms with Crippen LogP contribution in [0.25, 0.3) is 0 Å². The minimum Gasteiger partial charge on any atom is -0.337 e. The quantitative estimate of drug-likeness (QED) is 0.771. The maximum atomic E-state index is 12.7. The van der Waals surface area contributed by atoms with E-state index in [1.807, 2.05) is 35.2 Å². The highest BCUT2D eigenvalue weighted by Gasteiger charge is 2.53. The Hall–Kier alpha value is -1.70. The van der Waals surface area contributed by atoms with Gasteiger partial charge in [0.2, 0.25) is 5.91 Å². The average molecular weight is 377 g/mol. The molecule has 25 heavy (non-hydrogen) atoms. The molecule has 2 aliphatic rings. The van der Waals surface area contributed by atoms with Crippen LogP contribution in [0.3, 0.4) is 0 Å². The summed E-state index contributed by atoms with van der Waals surface area (Å²) < 4.78 is 27.1. The molecular formula is C18H20N2O3S2. The second-order valence-corrected chi connectivity index (χ2v) is 9.88. The third-order valence-corrected chi connectivity index (χ3v) is 8.49. The number of thiophene rings is 1. The summed E-state index contributed by atoms with van der Waals surface area (Å²) in [5.74, 6) is 0.171. The lowest BCUT2D eigenvalue weighted by Gasteiger charge is -2.52. The van der Waals surface area contributed by atoms with E-state index in [1.54, 1.807) is 17.5 Å². The second kappa shape index (κ2) is 6.23. The lowest BCUT2D eigenvalue weighted by molar-refractivity contribution is -0.165. The fourth-order valence-electron chi connectivity index (χ4n) is 3.74. The molecule has 1 aromatic carbocycles. The molecule has 2 saturated heterocycles. The Morgan fingerprint density at radius 2 is 1.76 bits per heavy atom. The van der Waals surface area contributed by atoms with E-state index < -0.39 is 10.0 Å². The normalized spacial score (nSPS) is 20.6. The molecule has 1 spiro atoms. The van der Waals surface area contributed by atoms with Crippen LogP contribution in [0.2, 0.25) is 0 Å². The summed E-state index contributed by atoms with van der Waals surface area (Å²) in [6, 6.07) is 13.3. The molecule has 0 unspecified atom stereocenters. The van der Waals surface area contributed by atoms with Gasteiger partial charge in [-0.05, 0) is 29.9 Å². The van der Waals surface area contributed by atoms with Crippen molar-refractivity contribution < 1.29 is 13.2 Å². The first-order valence-corrected chi connectivity index (χ1v) is 10.7. The molecule has 1 aromatic heterocycles. The monoisotopic (exact) mass is 376 g/mol. The summed E-state index contributed by atoms with van der Waals surface area (Å²) >= 11 is 1.24. The molecule has 0 aliphatic carbocycles. The zero-order valence-electron chi connectivity index (χ0n) is 13.8. The van der Waals surface area contributed by atoms with Crippen LogP contribution in [0.15, 0.2) is 52.1 Å². The first-order chi connectivity index (χ1) is 12.0. The van der Waals surface area contributed by atoms with E-state index in [1.165, 1.54) is 15.6 Å². The number of rotatable bonds is 4. The molecular weight excluding hydrogens is 356 g/mol. The lowest BCUT2D eigenvalue weighted by Crippen LogP contribution is -2.64. The number of β-lactam (4-membered cyclic amide) rings is 1. The van der Waals surface area contributed by atoms with Crippen molar-refractivity contribution in [2.24, 2.45) is 5.41 Å². The molecule has 0 bridgehead atoms. The van der Waals surface area contributed by atoms with Gasteiger partial charge in [0.05, 0.1) is 5.41 Å². The van der Waals surface area contributed by atoms with Crippen LogP contribution in [0.1, 0.15) is 18.4 Å². The topological polar surface area (TPSA) is 57.7 Å². The van der Waals surface area contributed by atoms with Crippen LogP contribution in [-0.2, 0) is 21.4 Å². The maximum absolute atomic E-state index is 12.7. The summed E-state index contributed by atoms with van der Waals surface area (Å²) in [4.78, 5) is 14.6. The zero-order valence-corrected chi connectivity index (χ0v) is 15.4. The summed E-state index contributed by atoms with van der Waals surface area (Å²) in [5.41, 5.74) is 0.777. The van der Waals surface area contributed by atoms with Crippen LogP contribution in [0.5, 0.6) is 0 Å². The average Bonchev–Trinajstić information content (AvgIpc) is 3.18. The molecule has 5 nitrogen and oxygen atoms in total. The van der Waals surface area contributed by atoms with Crippen LogP contribution in [0.4, 0.5) is 0 Å². The van der Waals surface area contributed by atoms with Crippen molar-refractivity contribution in [3.63, 3.8) is 0 Å². The minimum atomic E-state index is -3.41. The van der Waals surface area contributed by atoms with Gasteiger partial charge in [0.1, 0.15) is 4.21 Å². The molecule has 7 heteroatoms. The number of carbonyl (C=O) groups excluding carboxylic acids is 1. The highest BCUT2D eigenvalue weighted by molar-refractivity contribution is 7.91. The number of nitrogens with zero attached hydrogens (tertiary/aromatic N) is 2. The molecule has 4 rings (SSSR count). The van der Waals surface area contributed by atoms with Crippen LogP contribution in [-0.4, -0.2) is 43.2 Å². The summed E-state index contributed by atoms with van der Waals surface area (Å²) in [5, 5.41) is 1.77. The summed E-state index contributed by atoms with van der Waals surface area (Å²) in [7, 11) is -3.41. The fraction of sp³-hybridized carbons (Fsp3) is 0.389. The lowest BCUT2D eigenvalue weighted by atomic mass is 9.71. The molecule has 2 aliphatic heterocycles. The van der Waals surface area contributed by atoms with Gasteiger partial charge < -0.3 is 4.90 Å². The van der Waals surface area contributed by atoms with E-state index in [2.05, 4.69) is 0 Å². The Kier molecular flexibility index (Phi) is 4.17. The minimum absolute atomic E-state index is 0.171. The molecule has 1 amide bonds. The molecule has 2 aromatic rings. The number of amides is 1. The molecule has 0 atom stereocenters. The Morgan fingerprint density at radius 1 is 1.04 bits per heavy atom. The van der Waals surface area contributed by atoms with Crippen molar-refractivity contribution in [2.45, 2.75) is 23.6 Å². The van der Waals surface area contributed by atoms with Crippen molar-refractivity contribution >= 4 is 27.3 Å². The van der Waals surface area contributed by atoms with E-state index in [0.717, 1.165) is 12.1 Å². The summed E-state index contributed by atoms with van der Waals surface area (Å²) in [6.45, 7) is 2.21. The van der Waals surface area contributed by atoms with Crippen LogP contribution >= 0.6 is 11.3 Å². The number of likely N-dealkylation sites (tertiary alicyclic amines) is 1. The van der Waals surface area contributed by atoms with Crippen molar-refractivity contribution in [3.05, 3.63) is 53.4 Å². The van der Waals surface area contributed by atoms with Crippen LogP contribution < -0.4 is 0 Å². The standard InChI is InChI=1S/C18H20N2O3S2/c21-17-18(14-19(17)13-15-5-2-1-3-6-15)8-10-20(11-9-18)25(22,23)16-7-4-12-24-16/h1-7,12H,8-11,13-14H2. The van der Waals surface area contributed by atoms with Gasteiger partial charge in [0.25, 0.3) is 10.0 Å². The summed E-state index contributed by atoms with van der Waals surface area (Å²) in [6.07, 6.45) is 1.23. The fourth-order valence-corrected chi connectivity index (χ4v) is 6.33. The maximum Gasteiger partial charge on any atom is 0.252 e. The Morgan fingerprint density at radius 3 is 2.36 bits per heavy atom. The highest BCUT2D eigenvalue weighted by atomic mass is 32.2.